The third-order valence-electron chi connectivity index (χ3n) is 3.33. The molecule has 0 amide bonds. The number of hydrogen-bond acceptors (Lipinski definition) is 1. The molecule has 2 aromatic carbocycles. The fraction of sp³-hybridized carbons (Fsp3) is 0.294. The Balaban J connectivity index is 2.19. The predicted molar refractivity (Wildman–Crippen MR) is 90.6 cm³/mol. The maximum Gasteiger partial charge on any atom is 0.0408 e. The Kier molecular flexibility index (Phi) is 6.08. The van der Waals surface area contributed by atoms with Gasteiger partial charge in [0.05, 0.1) is 0 Å². The van der Waals surface area contributed by atoms with Crippen LogP contribution in [0.3, 0.4) is 0 Å². The van der Waals surface area contributed by atoms with E-state index in [2.05, 4.69) is 64.6 Å². The van der Waals surface area contributed by atoms with Gasteiger partial charge in [0.15, 0.2) is 0 Å². The van der Waals surface area contributed by atoms with Crippen LogP contribution in [0.2, 0.25) is 5.02 Å². The highest BCUT2D eigenvalue weighted by atomic mass is 79.9. The molecule has 0 aromatic heterocycles. The highest BCUT2D eigenvalue weighted by Gasteiger charge is 2.12. The van der Waals surface area contributed by atoms with Crippen molar-refractivity contribution in [2.45, 2.75) is 19.3 Å². The lowest BCUT2D eigenvalue weighted by Crippen LogP contribution is -2.22. The fourth-order valence-electron chi connectivity index (χ4n) is 2.34. The Morgan fingerprint density at radius 2 is 1.95 bits per heavy atom. The summed E-state index contributed by atoms with van der Waals surface area (Å²) < 4.78 is 1.13. The summed E-state index contributed by atoms with van der Waals surface area (Å²) in [5.41, 5.74) is 2.63. The average molecular weight is 353 g/mol. The molecule has 0 bridgehead atoms. The van der Waals surface area contributed by atoms with Gasteiger partial charge in [0.2, 0.25) is 0 Å². The summed E-state index contributed by atoms with van der Waals surface area (Å²) in [5.74, 6) is 0.433. The van der Waals surface area contributed by atoms with Gasteiger partial charge in [-0.15, -0.1) is 0 Å². The smallest absolute Gasteiger partial charge is 0.0408 e. The number of benzene rings is 2. The second kappa shape index (κ2) is 7.82. The van der Waals surface area contributed by atoms with Crippen molar-refractivity contribution in [2.75, 3.05) is 13.1 Å². The van der Waals surface area contributed by atoms with E-state index in [9.17, 15) is 0 Å². The van der Waals surface area contributed by atoms with E-state index in [1.165, 1.54) is 11.1 Å². The van der Waals surface area contributed by atoms with Gasteiger partial charge in [0.25, 0.3) is 0 Å². The van der Waals surface area contributed by atoms with Gasteiger partial charge in [-0.05, 0) is 48.4 Å². The average Bonchev–Trinajstić information content (AvgIpc) is 2.43. The number of hydrogen-bond donors (Lipinski definition) is 1. The van der Waals surface area contributed by atoms with Crippen LogP contribution in [0.1, 0.15) is 24.0 Å². The van der Waals surface area contributed by atoms with E-state index in [4.69, 9.17) is 11.6 Å². The zero-order chi connectivity index (χ0) is 14.4. The Hall–Kier alpha value is -0.830. The molecule has 1 nitrogen and oxygen atoms in total. The van der Waals surface area contributed by atoms with Crippen LogP contribution in [0.5, 0.6) is 0 Å². The first-order valence-corrected chi connectivity index (χ1v) is 8.06. The molecule has 106 valence electrons. The standard InChI is InChI=1S/C17H19BrClN/c1-2-20-12-15(14-6-4-8-17(19)11-14)9-13-5-3-7-16(18)10-13/h3-8,10-11,15,20H,2,9,12H2,1H3. The largest absolute Gasteiger partial charge is 0.316 e. The molecule has 1 N–H and O–H groups in total. The molecule has 2 rings (SSSR count). The minimum absolute atomic E-state index is 0.433. The van der Waals surface area contributed by atoms with Gasteiger partial charge in [0.1, 0.15) is 0 Å². The summed E-state index contributed by atoms with van der Waals surface area (Å²) in [6.45, 7) is 4.08. The predicted octanol–water partition coefficient (Wildman–Crippen LogP) is 5.04. The summed E-state index contributed by atoms with van der Waals surface area (Å²) in [6.07, 6.45) is 1.01. The Bertz CT molecular complexity index is 556. The first kappa shape index (κ1) is 15.6. The van der Waals surface area contributed by atoms with Crippen LogP contribution >= 0.6 is 27.5 Å². The van der Waals surface area contributed by atoms with Crippen molar-refractivity contribution in [3.63, 3.8) is 0 Å². The molecular weight excluding hydrogens is 334 g/mol. The Morgan fingerprint density at radius 3 is 2.65 bits per heavy atom. The van der Waals surface area contributed by atoms with Gasteiger partial charge in [0, 0.05) is 22.0 Å². The second-order valence-electron chi connectivity index (χ2n) is 4.89. The quantitative estimate of drug-likeness (QED) is 0.768. The third-order valence-corrected chi connectivity index (χ3v) is 4.06. The number of nitrogens with one attached hydrogen (secondary N) is 1. The summed E-state index contributed by atoms with van der Waals surface area (Å²) >= 11 is 9.66. The van der Waals surface area contributed by atoms with Crippen molar-refractivity contribution in [3.05, 3.63) is 69.2 Å². The number of likely N-dealkylation sites (N-methyl/N-ethyl adjacent to an activating group) is 1. The summed E-state index contributed by atoms with van der Waals surface area (Å²) in [6, 6.07) is 16.7. The third kappa shape index (κ3) is 4.62. The van der Waals surface area contributed by atoms with Gasteiger partial charge in [-0.25, -0.2) is 0 Å². The zero-order valence-electron chi connectivity index (χ0n) is 11.6. The molecule has 0 radical (unpaired) electrons. The number of rotatable bonds is 6. The minimum Gasteiger partial charge on any atom is -0.316 e. The summed E-state index contributed by atoms with van der Waals surface area (Å²) in [4.78, 5) is 0. The van der Waals surface area contributed by atoms with Crippen LogP contribution < -0.4 is 5.32 Å². The Morgan fingerprint density at radius 1 is 1.15 bits per heavy atom. The molecule has 3 heteroatoms. The van der Waals surface area contributed by atoms with Crippen molar-refractivity contribution >= 4 is 27.5 Å². The van der Waals surface area contributed by atoms with E-state index < -0.39 is 0 Å². The molecule has 0 fully saturated rings. The fourth-order valence-corrected chi connectivity index (χ4v) is 2.98. The first-order valence-electron chi connectivity index (χ1n) is 6.89. The van der Waals surface area contributed by atoms with Crippen molar-refractivity contribution in [2.24, 2.45) is 0 Å². The van der Waals surface area contributed by atoms with Gasteiger partial charge in [-0.3, -0.25) is 0 Å². The van der Waals surface area contributed by atoms with Gasteiger partial charge < -0.3 is 5.32 Å². The van der Waals surface area contributed by atoms with Crippen molar-refractivity contribution in [3.8, 4) is 0 Å². The van der Waals surface area contributed by atoms with Crippen molar-refractivity contribution < 1.29 is 0 Å². The maximum absolute atomic E-state index is 6.12. The van der Waals surface area contributed by atoms with Gasteiger partial charge >= 0.3 is 0 Å². The van der Waals surface area contributed by atoms with Gasteiger partial charge in [-0.1, -0.05) is 58.7 Å². The van der Waals surface area contributed by atoms with E-state index in [0.29, 0.717) is 5.92 Å². The van der Waals surface area contributed by atoms with Crippen molar-refractivity contribution in [1.82, 2.24) is 5.32 Å². The molecule has 0 saturated heterocycles. The maximum atomic E-state index is 6.12. The van der Waals surface area contributed by atoms with Crippen LogP contribution in [0.15, 0.2) is 53.0 Å². The molecule has 0 aliphatic carbocycles. The molecule has 20 heavy (non-hydrogen) atoms. The lowest BCUT2D eigenvalue weighted by atomic mass is 9.92. The highest BCUT2D eigenvalue weighted by molar-refractivity contribution is 9.10. The normalized spacial score (nSPS) is 12.3. The van der Waals surface area contributed by atoms with E-state index in [0.717, 1.165) is 29.0 Å². The van der Waals surface area contributed by atoms with E-state index in [1.807, 2.05) is 12.1 Å². The second-order valence-corrected chi connectivity index (χ2v) is 6.25. The lowest BCUT2D eigenvalue weighted by Gasteiger charge is -2.18. The topological polar surface area (TPSA) is 12.0 Å². The molecule has 1 unspecified atom stereocenters. The molecule has 2 aromatic rings. The molecule has 1 atom stereocenters. The van der Waals surface area contributed by atoms with Crippen LogP contribution in [0, 0.1) is 0 Å². The van der Waals surface area contributed by atoms with E-state index in [1.54, 1.807) is 0 Å². The van der Waals surface area contributed by atoms with Crippen LogP contribution in [-0.4, -0.2) is 13.1 Å². The molecule has 0 aliphatic rings. The first-order chi connectivity index (χ1) is 9.69. The summed E-state index contributed by atoms with van der Waals surface area (Å²) in [7, 11) is 0. The number of halogens is 2. The summed E-state index contributed by atoms with van der Waals surface area (Å²) in [5, 5.41) is 4.25. The molecule has 0 aliphatic heterocycles. The molecule has 0 spiro atoms. The highest BCUT2D eigenvalue weighted by Crippen LogP contribution is 2.24. The molecule has 0 saturated carbocycles. The van der Waals surface area contributed by atoms with Crippen molar-refractivity contribution in [1.29, 1.82) is 0 Å². The minimum atomic E-state index is 0.433. The van der Waals surface area contributed by atoms with Crippen LogP contribution in [0.25, 0.3) is 0 Å². The zero-order valence-corrected chi connectivity index (χ0v) is 13.9. The monoisotopic (exact) mass is 351 g/mol. The van der Waals surface area contributed by atoms with Gasteiger partial charge in [-0.2, -0.15) is 0 Å². The lowest BCUT2D eigenvalue weighted by molar-refractivity contribution is 0.595. The molecule has 0 heterocycles. The van der Waals surface area contributed by atoms with Crippen LogP contribution in [0.4, 0.5) is 0 Å². The van der Waals surface area contributed by atoms with Crippen LogP contribution in [-0.2, 0) is 6.42 Å². The SMILES string of the molecule is CCNCC(Cc1cccc(Br)c1)c1cccc(Cl)c1. The van der Waals surface area contributed by atoms with E-state index >= 15 is 0 Å². The Labute approximate surface area is 134 Å². The molecular formula is C17H19BrClN. The van der Waals surface area contributed by atoms with E-state index in [-0.39, 0.29) is 0 Å².